The van der Waals surface area contributed by atoms with Crippen molar-refractivity contribution in [2.45, 2.75) is 6.92 Å². The van der Waals surface area contributed by atoms with Gasteiger partial charge in [0.25, 0.3) is 5.91 Å². The van der Waals surface area contributed by atoms with Crippen molar-refractivity contribution in [1.29, 1.82) is 0 Å². The second-order valence-corrected chi connectivity index (χ2v) is 6.70. The Morgan fingerprint density at radius 1 is 1.18 bits per heavy atom. The van der Waals surface area contributed by atoms with Gasteiger partial charge in [-0.2, -0.15) is 0 Å². The number of hydrogen-bond donors (Lipinski definition) is 1. The third kappa shape index (κ3) is 3.42. The molecule has 2 aromatic carbocycles. The Morgan fingerprint density at radius 2 is 2.00 bits per heavy atom. The van der Waals surface area contributed by atoms with Crippen LogP contribution in [-0.2, 0) is 0 Å². The number of ether oxygens (including phenoxy) is 1. The molecule has 28 heavy (non-hydrogen) atoms. The quantitative estimate of drug-likeness (QED) is 0.550. The summed E-state index contributed by atoms with van der Waals surface area (Å²) in [4.78, 5) is 21.4. The van der Waals surface area contributed by atoms with Crippen molar-refractivity contribution < 1.29 is 9.53 Å². The highest BCUT2D eigenvalue weighted by molar-refractivity contribution is 6.34. The van der Waals surface area contributed by atoms with E-state index in [0.717, 1.165) is 16.8 Å². The van der Waals surface area contributed by atoms with Crippen LogP contribution in [0, 0.1) is 6.92 Å². The van der Waals surface area contributed by atoms with Crippen LogP contribution in [0.4, 0.5) is 5.69 Å². The maximum absolute atomic E-state index is 12.6. The predicted octanol–water partition coefficient (Wildman–Crippen LogP) is 4.62. The van der Waals surface area contributed by atoms with E-state index in [1.54, 1.807) is 42.0 Å². The first kappa shape index (κ1) is 18.0. The maximum atomic E-state index is 12.6. The summed E-state index contributed by atoms with van der Waals surface area (Å²) in [6, 6.07) is 12.7. The summed E-state index contributed by atoms with van der Waals surface area (Å²) in [6.07, 6.45) is 5.30. The van der Waals surface area contributed by atoms with Gasteiger partial charge in [-0.1, -0.05) is 35.9 Å². The lowest BCUT2D eigenvalue weighted by Crippen LogP contribution is -2.13. The molecule has 0 aliphatic rings. The van der Waals surface area contributed by atoms with Gasteiger partial charge in [0.15, 0.2) is 5.75 Å². The van der Waals surface area contributed by atoms with Gasteiger partial charge in [-0.3, -0.25) is 9.20 Å². The van der Waals surface area contributed by atoms with Crippen molar-refractivity contribution >= 4 is 29.0 Å². The normalized spacial score (nSPS) is 10.8. The first-order valence-electron chi connectivity index (χ1n) is 8.61. The minimum absolute atomic E-state index is 0.257. The van der Waals surface area contributed by atoms with Crippen molar-refractivity contribution in [3.63, 3.8) is 0 Å². The summed E-state index contributed by atoms with van der Waals surface area (Å²) < 4.78 is 7.00. The van der Waals surface area contributed by atoms with E-state index in [0.29, 0.717) is 27.8 Å². The topological polar surface area (TPSA) is 68.5 Å². The number of anilines is 1. The third-order valence-corrected chi connectivity index (χ3v) is 4.75. The molecule has 0 radical (unpaired) electrons. The monoisotopic (exact) mass is 392 g/mol. The number of fused-ring (bicyclic) bond motifs is 1. The van der Waals surface area contributed by atoms with Crippen LogP contribution >= 0.6 is 11.6 Å². The van der Waals surface area contributed by atoms with E-state index in [-0.39, 0.29) is 5.91 Å². The van der Waals surface area contributed by atoms with Crippen molar-refractivity contribution in [3.05, 3.63) is 77.2 Å². The highest BCUT2D eigenvalue weighted by Crippen LogP contribution is 2.26. The Morgan fingerprint density at radius 3 is 2.79 bits per heavy atom. The zero-order valence-electron chi connectivity index (χ0n) is 15.3. The van der Waals surface area contributed by atoms with Crippen LogP contribution in [0.2, 0.25) is 5.02 Å². The van der Waals surface area contributed by atoms with Gasteiger partial charge in [-0.25, -0.2) is 9.97 Å². The van der Waals surface area contributed by atoms with Gasteiger partial charge >= 0.3 is 0 Å². The Hall–Kier alpha value is -3.38. The molecular weight excluding hydrogens is 376 g/mol. The van der Waals surface area contributed by atoms with E-state index >= 15 is 0 Å². The number of carbonyl (C=O) groups is 1. The zero-order chi connectivity index (χ0) is 19.7. The largest absolute Gasteiger partial charge is 0.494 e. The lowest BCUT2D eigenvalue weighted by atomic mass is 10.1. The van der Waals surface area contributed by atoms with Gasteiger partial charge in [-0.15, -0.1) is 0 Å². The number of imidazole rings is 1. The molecule has 2 heterocycles. The molecule has 0 saturated heterocycles. The number of halogens is 1. The van der Waals surface area contributed by atoms with E-state index < -0.39 is 0 Å². The highest BCUT2D eigenvalue weighted by Gasteiger charge is 2.13. The lowest BCUT2D eigenvalue weighted by Gasteiger charge is -2.11. The predicted molar refractivity (Wildman–Crippen MR) is 109 cm³/mol. The van der Waals surface area contributed by atoms with E-state index in [1.807, 2.05) is 37.5 Å². The smallest absolute Gasteiger partial charge is 0.257 e. The lowest BCUT2D eigenvalue weighted by molar-refractivity contribution is 0.102. The number of nitrogens with zero attached hydrogens (tertiary/aromatic N) is 3. The molecule has 2 aromatic heterocycles. The molecule has 0 aliphatic carbocycles. The zero-order valence-corrected chi connectivity index (χ0v) is 16.1. The average Bonchev–Trinajstić information content (AvgIpc) is 3.13. The number of nitrogens with one attached hydrogen (secondary N) is 1. The molecule has 7 heteroatoms. The Balaban J connectivity index is 1.67. The number of aromatic nitrogens is 3. The number of hydrogen-bond acceptors (Lipinski definition) is 4. The summed E-state index contributed by atoms with van der Waals surface area (Å²) in [5.74, 6) is 0.957. The standard InChI is InChI=1S/C21H17ClN4O2/c1-13-7-8-14(19-12-26-11-15(28-2)10-23-21(26)25-19)9-18(13)24-20(27)16-5-3-4-6-17(16)22/h3-12H,1-2H3,(H,24,27). The fourth-order valence-electron chi connectivity index (χ4n) is 2.86. The molecule has 0 atom stereocenters. The molecule has 0 fully saturated rings. The Labute approximate surface area is 166 Å². The fourth-order valence-corrected chi connectivity index (χ4v) is 3.08. The van der Waals surface area contributed by atoms with Crippen LogP contribution in [0.1, 0.15) is 15.9 Å². The molecule has 4 aromatic rings. The van der Waals surface area contributed by atoms with Crippen LogP contribution in [0.3, 0.4) is 0 Å². The first-order valence-corrected chi connectivity index (χ1v) is 8.98. The molecule has 4 rings (SSSR count). The molecular formula is C21H17ClN4O2. The van der Waals surface area contributed by atoms with Gasteiger partial charge in [0.2, 0.25) is 5.78 Å². The van der Waals surface area contributed by atoms with Crippen LogP contribution < -0.4 is 10.1 Å². The van der Waals surface area contributed by atoms with Crippen molar-refractivity contribution in [3.8, 4) is 17.0 Å². The summed E-state index contributed by atoms with van der Waals surface area (Å²) in [7, 11) is 1.59. The van der Waals surface area contributed by atoms with Gasteiger partial charge in [0, 0.05) is 17.4 Å². The minimum atomic E-state index is -0.257. The summed E-state index contributed by atoms with van der Waals surface area (Å²) in [5, 5.41) is 3.35. The van der Waals surface area contributed by atoms with E-state index in [2.05, 4.69) is 15.3 Å². The molecule has 140 valence electrons. The molecule has 0 bridgehead atoms. The summed E-state index contributed by atoms with van der Waals surface area (Å²) in [6.45, 7) is 1.93. The second-order valence-electron chi connectivity index (χ2n) is 6.29. The molecule has 0 saturated carbocycles. The number of aryl methyl sites for hydroxylation is 1. The SMILES string of the molecule is COc1cnc2nc(-c3ccc(C)c(NC(=O)c4ccccc4Cl)c3)cn2c1. The second kappa shape index (κ2) is 7.32. The molecule has 0 aliphatic heterocycles. The third-order valence-electron chi connectivity index (χ3n) is 4.42. The van der Waals surface area contributed by atoms with Gasteiger partial charge < -0.3 is 10.1 Å². The van der Waals surface area contributed by atoms with Crippen LogP contribution in [0.5, 0.6) is 5.75 Å². The highest BCUT2D eigenvalue weighted by atomic mass is 35.5. The maximum Gasteiger partial charge on any atom is 0.257 e. The van der Waals surface area contributed by atoms with Crippen molar-refractivity contribution in [2.75, 3.05) is 12.4 Å². The van der Waals surface area contributed by atoms with Crippen LogP contribution in [0.15, 0.2) is 61.1 Å². The van der Waals surface area contributed by atoms with Crippen molar-refractivity contribution in [2.24, 2.45) is 0 Å². The van der Waals surface area contributed by atoms with E-state index in [1.165, 1.54) is 0 Å². The molecule has 0 spiro atoms. The van der Waals surface area contributed by atoms with Crippen LogP contribution in [0.25, 0.3) is 17.0 Å². The molecule has 6 nitrogen and oxygen atoms in total. The molecule has 0 unspecified atom stereocenters. The van der Waals surface area contributed by atoms with Gasteiger partial charge in [-0.05, 0) is 30.7 Å². The minimum Gasteiger partial charge on any atom is -0.494 e. The molecule has 1 N–H and O–H groups in total. The van der Waals surface area contributed by atoms with Gasteiger partial charge in [0.1, 0.15) is 0 Å². The Bertz CT molecular complexity index is 1190. The van der Waals surface area contributed by atoms with Gasteiger partial charge in [0.05, 0.1) is 35.8 Å². The number of carbonyl (C=O) groups excluding carboxylic acids is 1. The van der Waals surface area contributed by atoms with Crippen LogP contribution in [-0.4, -0.2) is 27.4 Å². The summed E-state index contributed by atoms with van der Waals surface area (Å²) >= 11 is 6.13. The summed E-state index contributed by atoms with van der Waals surface area (Å²) in [5.41, 5.74) is 3.68. The number of rotatable bonds is 4. The fraction of sp³-hybridized carbons (Fsp3) is 0.0952. The van der Waals surface area contributed by atoms with E-state index in [4.69, 9.17) is 16.3 Å². The average molecular weight is 393 g/mol. The Kier molecular flexibility index (Phi) is 4.71. The number of benzene rings is 2. The molecule has 1 amide bonds. The number of methoxy groups -OCH3 is 1. The van der Waals surface area contributed by atoms with Crippen molar-refractivity contribution in [1.82, 2.24) is 14.4 Å². The van der Waals surface area contributed by atoms with E-state index in [9.17, 15) is 4.79 Å². The first-order chi connectivity index (χ1) is 13.5. The number of amides is 1.